The van der Waals surface area contributed by atoms with Gasteiger partial charge in [0.05, 0.1) is 5.69 Å². The number of hydrogen-bond donors (Lipinski definition) is 2. The summed E-state index contributed by atoms with van der Waals surface area (Å²) in [5.74, 6) is 0.238. The summed E-state index contributed by atoms with van der Waals surface area (Å²) < 4.78 is 15.8. The van der Waals surface area contributed by atoms with E-state index >= 15 is 0 Å². The lowest BCUT2D eigenvalue weighted by Gasteiger charge is -2.09. The lowest BCUT2D eigenvalue weighted by Crippen LogP contribution is -2.14. The van der Waals surface area contributed by atoms with Gasteiger partial charge < -0.3 is 15.5 Å². The summed E-state index contributed by atoms with van der Waals surface area (Å²) in [5.41, 5.74) is 6.16. The van der Waals surface area contributed by atoms with Crippen molar-refractivity contribution in [3.8, 4) is 5.69 Å². The number of nitrogens with two attached hydrogens (primary N) is 1. The molecule has 5 nitrogen and oxygen atoms in total. The number of oxime groups is 1. The zero-order valence-corrected chi connectivity index (χ0v) is 10.5. The summed E-state index contributed by atoms with van der Waals surface area (Å²) in [7, 11) is 0. The molecule has 1 heterocycles. The van der Waals surface area contributed by atoms with Crippen LogP contribution in [0.2, 0.25) is 0 Å². The zero-order valence-electron chi connectivity index (χ0n) is 10.5. The molecule has 2 aromatic rings. The molecule has 0 aliphatic heterocycles. The van der Waals surface area contributed by atoms with E-state index in [4.69, 9.17) is 10.9 Å². The predicted molar refractivity (Wildman–Crippen MR) is 70.0 cm³/mol. The normalized spacial score (nSPS) is 11.8. The van der Waals surface area contributed by atoms with E-state index in [-0.39, 0.29) is 5.84 Å². The Morgan fingerprint density at radius 2 is 2.32 bits per heavy atom. The minimum Gasteiger partial charge on any atom is -0.409 e. The first-order valence-electron chi connectivity index (χ1n) is 5.97. The molecule has 0 aliphatic rings. The van der Waals surface area contributed by atoms with Crippen LogP contribution in [0.25, 0.3) is 5.69 Å². The standard InChI is InChI=1S/C13H15FN4O/c1-2-3-12-16-6-7-18(12)11-5-4-9(8-10(11)14)13(15)17-19/h4-8,19H,2-3H2,1H3,(H2,15,17). The minimum absolute atomic E-state index is 0.120. The van der Waals surface area contributed by atoms with Crippen LogP contribution in [0.4, 0.5) is 4.39 Å². The van der Waals surface area contributed by atoms with Crippen LogP contribution in [0.5, 0.6) is 0 Å². The Balaban J connectivity index is 2.43. The van der Waals surface area contributed by atoms with Crippen molar-refractivity contribution in [2.45, 2.75) is 19.8 Å². The number of halogens is 1. The molecule has 2 rings (SSSR count). The van der Waals surface area contributed by atoms with Gasteiger partial charge in [-0.1, -0.05) is 12.1 Å². The molecule has 0 unspecified atom stereocenters. The second-order valence-corrected chi connectivity index (χ2v) is 4.11. The number of rotatable bonds is 4. The predicted octanol–water partition coefficient (Wildman–Crippen LogP) is 2.06. The van der Waals surface area contributed by atoms with Crippen LogP contribution >= 0.6 is 0 Å². The molecule has 0 spiro atoms. The summed E-state index contributed by atoms with van der Waals surface area (Å²) in [6.45, 7) is 2.04. The lowest BCUT2D eigenvalue weighted by molar-refractivity contribution is 0.318. The highest BCUT2D eigenvalue weighted by Crippen LogP contribution is 2.17. The number of aryl methyl sites for hydroxylation is 1. The number of imidazole rings is 1. The first kappa shape index (κ1) is 13.1. The monoisotopic (exact) mass is 262 g/mol. The smallest absolute Gasteiger partial charge is 0.170 e. The molecular weight excluding hydrogens is 247 g/mol. The van der Waals surface area contributed by atoms with Gasteiger partial charge in [-0.15, -0.1) is 0 Å². The number of aromatic nitrogens is 2. The van der Waals surface area contributed by atoms with Crippen LogP contribution in [-0.4, -0.2) is 20.6 Å². The molecule has 0 radical (unpaired) electrons. The number of benzene rings is 1. The Hall–Kier alpha value is -2.37. The van der Waals surface area contributed by atoms with Gasteiger partial charge in [0.2, 0.25) is 0 Å². The van der Waals surface area contributed by atoms with Gasteiger partial charge in [0, 0.05) is 24.4 Å². The first-order valence-corrected chi connectivity index (χ1v) is 5.97. The highest BCUT2D eigenvalue weighted by molar-refractivity contribution is 5.97. The molecule has 0 atom stereocenters. The lowest BCUT2D eigenvalue weighted by atomic mass is 10.1. The van der Waals surface area contributed by atoms with Crippen molar-refractivity contribution in [3.05, 3.63) is 47.8 Å². The summed E-state index contributed by atoms with van der Waals surface area (Å²) in [6, 6.07) is 4.42. The summed E-state index contributed by atoms with van der Waals surface area (Å²) in [6.07, 6.45) is 5.06. The van der Waals surface area contributed by atoms with Gasteiger partial charge in [0.25, 0.3) is 0 Å². The van der Waals surface area contributed by atoms with Gasteiger partial charge in [-0.2, -0.15) is 0 Å². The molecule has 1 aromatic carbocycles. The molecule has 6 heteroatoms. The van der Waals surface area contributed by atoms with Crippen molar-refractivity contribution in [1.29, 1.82) is 0 Å². The molecule has 3 N–H and O–H groups in total. The Morgan fingerprint density at radius 1 is 1.53 bits per heavy atom. The van der Waals surface area contributed by atoms with Gasteiger partial charge in [-0.3, -0.25) is 0 Å². The van der Waals surface area contributed by atoms with Gasteiger partial charge >= 0.3 is 0 Å². The number of nitrogens with zero attached hydrogens (tertiary/aromatic N) is 3. The van der Waals surface area contributed by atoms with Crippen LogP contribution in [0.15, 0.2) is 35.7 Å². The maximum absolute atomic E-state index is 14.1. The fourth-order valence-corrected chi connectivity index (χ4v) is 1.88. The molecule has 0 bridgehead atoms. The molecule has 0 amide bonds. The van der Waals surface area contributed by atoms with Crippen molar-refractivity contribution in [2.24, 2.45) is 10.9 Å². The Morgan fingerprint density at radius 3 is 2.95 bits per heavy atom. The van der Waals surface area contributed by atoms with Gasteiger partial charge in [0.15, 0.2) is 5.84 Å². The van der Waals surface area contributed by atoms with Crippen LogP contribution in [-0.2, 0) is 6.42 Å². The van der Waals surface area contributed by atoms with E-state index in [2.05, 4.69) is 10.1 Å². The van der Waals surface area contributed by atoms with Crippen molar-refractivity contribution in [1.82, 2.24) is 9.55 Å². The molecule has 0 aliphatic carbocycles. The molecule has 0 saturated heterocycles. The van der Waals surface area contributed by atoms with E-state index in [9.17, 15) is 4.39 Å². The third-order valence-corrected chi connectivity index (χ3v) is 2.80. The van der Waals surface area contributed by atoms with E-state index in [1.54, 1.807) is 29.1 Å². The van der Waals surface area contributed by atoms with E-state index in [1.165, 1.54) is 6.07 Å². The van der Waals surface area contributed by atoms with Gasteiger partial charge in [-0.05, 0) is 24.6 Å². The molecule has 0 saturated carbocycles. The van der Waals surface area contributed by atoms with E-state index in [0.29, 0.717) is 11.3 Å². The highest BCUT2D eigenvalue weighted by atomic mass is 19.1. The first-order chi connectivity index (χ1) is 9.17. The average Bonchev–Trinajstić information content (AvgIpc) is 2.86. The van der Waals surface area contributed by atoms with Crippen LogP contribution < -0.4 is 5.73 Å². The second kappa shape index (κ2) is 5.51. The second-order valence-electron chi connectivity index (χ2n) is 4.11. The Bertz CT molecular complexity index is 606. The van der Waals surface area contributed by atoms with E-state index < -0.39 is 5.82 Å². The van der Waals surface area contributed by atoms with E-state index in [1.807, 2.05) is 6.92 Å². The Labute approximate surface area is 110 Å². The average molecular weight is 262 g/mol. The van der Waals surface area contributed by atoms with E-state index in [0.717, 1.165) is 18.7 Å². The number of hydrogen-bond acceptors (Lipinski definition) is 3. The SMILES string of the molecule is CCCc1nccn1-c1ccc(C(N)=NO)cc1F. The summed E-state index contributed by atoms with van der Waals surface area (Å²) in [4.78, 5) is 4.21. The largest absolute Gasteiger partial charge is 0.409 e. The zero-order chi connectivity index (χ0) is 13.8. The Kier molecular flexibility index (Phi) is 3.79. The van der Waals surface area contributed by atoms with Gasteiger partial charge in [-0.25, -0.2) is 9.37 Å². The van der Waals surface area contributed by atoms with Crippen LogP contribution in [0, 0.1) is 5.82 Å². The molecule has 0 fully saturated rings. The third kappa shape index (κ3) is 2.57. The van der Waals surface area contributed by atoms with Crippen LogP contribution in [0.1, 0.15) is 24.7 Å². The molecular formula is C13H15FN4O. The third-order valence-electron chi connectivity index (χ3n) is 2.80. The van der Waals surface area contributed by atoms with Crippen molar-refractivity contribution in [2.75, 3.05) is 0 Å². The van der Waals surface area contributed by atoms with Crippen molar-refractivity contribution in [3.63, 3.8) is 0 Å². The molecule has 19 heavy (non-hydrogen) atoms. The minimum atomic E-state index is -0.445. The summed E-state index contributed by atoms with van der Waals surface area (Å²) >= 11 is 0. The molecule has 1 aromatic heterocycles. The highest BCUT2D eigenvalue weighted by Gasteiger charge is 2.11. The fraction of sp³-hybridized carbons (Fsp3) is 0.231. The maximum atomic E-state index is 14.1. The fourth-order valence-electron chi connectivity index (χ4n) is 1.88. The van der Waals surface area contributed by atoms with Crippen LogP contribution in [0.3, 0.4) is 0 Å². The van der Waals surface area contributed by atoms with Crippen molar-refractivity contribution >= 4 is 5.84 Å². The molecule has 100 valence electrons. The topological polar surface area (TPSA) is 76.4 Å². The summed E-state index contributed by atoms with van der Waals surface area (Å²) in [5, 5.41) is 11.4. The maximum Gasteiger partial charge on any atom is 0.170 e. The number of amidine groups is 1. The van der Waals surface area contributed by atoms with Crippen molar-refractivity contribution < 1.29 is 9.60 Å². The quantitative estimate of drug-likeness (QED) is 0.383. The van der Waals surface area contributed by atoms with Gasteiger partial charge in [0.1, 0.15) is 11.6 Å².